The summed E-state index contributed by atoms with van der Waals surface area (Å²) in [5, 5.41) is 8.87. The number of hydrogen-bond acceptors (Lipinski definition) is 6. The molecule has 0 bridgehead atoms. The molecule has 1 saturated carbocycles. The molecule has 0 unspecified atom stereocenters. The van der Waals surface area contributed by atoms with Gasteiger partial charge in [0.25, 0.3) is 0 Å². The van der Waals surface area contributed by atoms with Crippen molar-refractivity contribution in [2.45, 2.75) is 38.8 Å². The third kappa shape index (κ3) is 3.43. The van der Waals surface area contributed by atoms with Gasteiger partial charge < -0.3 is 5.32 Å². The molecule has 2 fully saturated rings. The van der Waals surface area contributed by atoms with E-state index < -0.39 is 0 Å². The van der Waals surface area contributed by atoms with Crippen molar-refractivity contribution < 1.29 is 0 Å². The van der Waals surface area contributed by atoms with Gasteiger partial charge in [-0.15, -0.1) is 5.10 Å². The zero-order chi connectivity index (χ0) is 13.1. The standard InChI is InChI=1S/C13H23N5S/c1-2-5-14-13-12(15-16-19-13)10-17-6-8-18(9-7-17)11-3-4-11/h11,14H,2-10H2,1H3. The summed E-state index contributed by atoms with van der Waals surface area (Å²) < 4.78 is 4.09. The molecule has 1 aliphatic heterocycles. The fraction of sp³-hybridized carbons (Fsp3) is 0.846. The second-order valence-corrected chi connectivity index (χ2v) is 6.27. The van der Waals surface area contributed by atoms with E-state index in [1.165, 1.54) is 50.6 Å². The molecule has 0 radical (unpaired) electrons. The first-order valence-corrected chi connectivity index (χ1v) is 8.15. The molecule has 3 rings (SSSR count). The fourth-order valence-electron chi connectivity index (χ4n) is 2.62. The van der Waals surface area contributed by atoms with Crippen LogP contribution in [0.4, 0.5) is 5.00 Å². The van der Waals surface area contributed by atoms with Crippen LogP contribution < -0.4 is 5.32 Å². The Kier molecular flexibility index (Phi) is 4.30. The number of piperazine rings is 1. The van der Waals surface area contributed by atoms with Crippen molar-refractivity contribution in [1.29, 1.82) is 0 Å². The largest absolute Gasteiger partial charge is 0.374 e. The molecular formula is C13H23N5S. The molecule has 6 heteroatoms. The second kappa shape index (κ2) is 6.15. The van der Waals surface area contributed by atoms with Crippen LogP contribution in [-0.2, 0) is 6.54 Å². The third-order valence-electron chi connectivity index (χ3n) is 3.93. The van der Waals surface area contributed by atoms with Crippen LogP contribution in [0, 0.1) is 0 Å². The normalized spacial score (nSPS) is 21.7. The van der Waals surface area contributed by atoms with Crippen molar-refractivity contribution in [2.75, 3.05) is 38.0 Å². The Morgan fingerprint density at radius 3 is 2.74 bits per heavy atom. The van der Waals surface area contributed by atoms with E-state index in [1.54, 1.807) is 0 Å². The summed E-state index contributed by atoms with van der Waals surface area (Å²) in [6, 6.07) is 0.907. The summed E-state index contributed by atoms with van der Waals surface area (Å²) in [4.78, 5) is 5.15. The Morgan fingerprint density at radius 2 is 2.05 bits per heavy atom. The average Bonchev–Trinajstić information content (AvgIpc) is 3.19. The number of nitrogens with zero attached hydrogens (tertiary/aromatic N) is 4. The van der Waals surface area contributed by atoms with Crippen molar-refractivity contribution in [1.82, 2.24) is 19.4 Å². The number of aromatic nitrogens is 2. The summed E-state index contributed by atoms with van der Waals surface area (Å²) in [6.45, 7) is 8.91. The molecule has 19 heavy (non-hydrogen) atoms. The Hall–Kier alpha value is -0.720. The van der Waals surface area contributed by atoms with Gasteiger partial charge in [0.05, 0.1) is 0 Å². The van der Waals surface area contributed by atoms with E-state index in [-0.39, 0.29) is 0 Å². The van der Waals surface area contributed by atoms with Gasteiger partial charge in [-0.05, 0) is 19.3 Å². The first-order chi connectivity index (χ1) is 9.36. The van der Waals surface area contributed by atoms with E-state index >= 15 is 0 Å². The van der Waals surface area contributed by atoms with Crippen LogP contribution >= 0.6 is 11.5 Å². The average molecular weight is 281 g/mol. The second-order valence-electron chi connectivity index (χ2n) is 5.52. The Morgan fingerprint density at radius 1 is 1.26 bits per heavy atom. The van der Waals surface area contributed by atoms with E-state index in [9.17, 15) is 0 Å². The Balaban J connectivity index is 1.49. The SMILES string of the molecule is CCCNc1snnc1CN1CCN(C2CC2)CC1. The van der Waals surface area contributed by atoms with Crippen molar-refractivity contribution in [2.24, 2.45) is 0 Å². The van der Waals surface area contributed by atoms with Gasteiger partial charge in [0.1, 0.15) is 10.7 Å². The zero-order valence-electron chi connectivity index (χ0n) is 11.6. The van der Waals surface area contributed by atoms with Crippen molar-refractivity contribution >= 4 is 16.5 Å². The monoisotopic (exact) mass is 281 g/mol. The zero-order valence-corrected chi connectivity index (χ0v) is 12.5. The van der Waals surface area contributed by atoms with Crippen LogP contribution in [0.3, 0.4) is 0 Å². The fourth-order valence-corrected chi connectivity index (χ4v) is 3.22. The molecule has 1 aromatic rings. The molecule has 106 valence electrons. The molecule has 1 N–H and O–H groups in total. The lowest BCUT2D eigenvalue weighted by atomic mass is 10.3. The van der Waals surface area contributed by atoms with E-state index in [4.69, 9.17) is 0 Å². The van der Waals surface area contributed by atoms with Crippen LogP contribution in [0.2, 0.25) is 0 Å². The van der Waals surface area contributed by atoms with Crippen LogP contribution in [0.5, 0.6) is 0 Å². The van der Waals surface area contributed by atoms with Gasteiger partial charge in [0.15, 0.2) is 0 Å². The van der Waals surface area contributed by atoms with Gasteiger partial charge in [-0.25, -0.2) is 0 Å². The topological polar surface area (TPSA) is 44.3 Å². The lowest BCUT2D eigenvalue weighted by Gasteiger charge is -2.34. The molecule has 1 saturated heterocycles. The van der Waals surface area contributed by atoms with Crippen LogP contribution in [0.1, 0.15) is 31.9 Å². The minimum Gasteiger partial charge on any atom is -0.374 e. The van der Waals surface area contributed by atoms with Gasteiger partial charge in [-0.2, -0.15) is 0 Å². The molecule has 0 aromatic carbocycles. The molecule has 0 amide bonds. The lowest BCUT2D eigenvalue weighted by molar-refractivity contribution is 0.120. The van der Waals surface area contributed by atoms with Crippen LogP contribution in [-0.4, -0.2) is 58.2 Å². The van der Waals surface area contributed by atoms with Gasteiger partial charge in [0, 0.05) is 56.8 Å². The summed E-state index contributed by atoms with van der Waals surface area (Å²) >= 11 is 1.48. The quantitative estimate of drug-likeness (QED) is 0.859. The number of nitrogens with one attached hydrogen (secondary N) is 1. The maximum Gasteiger partial charge on any atom is 0.134 e. The minimum atomic E-state index is 0.907. The van der Waals surface area contributed by atoms with E-state index in [2.05, 4.69) is 31.6 Å². The van der Waals surface area contributed by atoms with E-state index in [0.717, 1.165) is 36.2 Å². The lowest BCUT2D eigenvalue weighted by Crippen LogP contribution is -2.46. The summed E-state index contributed by atoms with van der Waals surface area (Å²) in [5.41, 5.74) is 1.12. The first-order valence-electron chi connectivity index (χ1n) is 7.38. The highest BCUT2D eigenvalue weighted by Crippen LogP contribution is 2.28. The molecular weight excluding hydrogens is 258 g/mol. The number of anilines is 1. The summed E-state index contributed by atoms with van der Waals surface area (Å²) in [5.74, 6) is 0. The van der Waals surface area contributed by atoms with Crippen molar-refractivity contribution in [3.05, 3.63) is 5.69 Å². The van der Waals surface area contributed by atoms with Gasteiger partial charge in [0.2, 0.25) is 0 Å². The summed E-state index contributed by atoms with van der Waals surface area (Å²) in [6.07, 6.45) is 3.97. The molecule has 5 nitrogen and oxygen atoms in total. The molecule has 0 atom stereocenters. The third-order valence-corrected chi connectivity index (χ3v) is 4.66. The Bertz CT molecular complexity index is 395. The van der Waals surface area contributed by atoms with Crippen molar-refractivity contribution in [3.8, 4) is 0 Å². The van der Waals surface area contributed by atoms with E-state index in [0.29, 0.717) is 0 Å². The maximum absolute atomic E-state index is 4.28. The highest BCUT2D eigenvalue weighted by Gasteiger charge is 2.31. The molecule has 2 heterocycles. The molecule has 0 spiro atoms. The number of rotatable bonds is 6. The predicted octanol–water partition coefficient (Wildman–Crippen LogP) is 1.64. The van der Waals surface area contributed by atoms with E-state index in [1.807, 2.05) is 0 Å². The minimum absolute atomic E-state index is 0.907. The highest BCUT2D eigenvalue weighted by atomic mass is 32.1. The first kappa shape index (κ1) is 13.3. The maximum atomic E-state index is 4.28. The van der Waals surface area contributed by atoms with Gasteiger partial charge in [-0.1, -0.05) is 11.4 Å². The number of hydrogen-bond donors (Lipinski definition) is 1. The van der Waals surface area contributed by atoms with Gasteiger partial charge in [-0.3, -0.25) is 9.80 Å². The highest BCUT2D eigenvalue weighted by molar-refractivity contribution is 7.10. The van der Waals surface area contributed by atoms with Crippen LogP contribution in [0.25, 0.3) is 0 Å². The predicted molar refractivity (Wildman–Crippen MR) is 78.6 cm³/mol. The van der Waals surface area contributed by atoms with Crippen molar-refractivity contribution in [3.63, 3.8) is 0 Å². The van der Waals surface area contributed by atoms with Gasteiger partial charge >= 0.3 is 0 Å². The molecule has 1 aliphatic carbocycles. The summed E-state index contributed by atoms with van der Waals surface area (Å²) in [7, 11) is 0. The molecule has 1 aromatic heterocycles. The smallest absolute Gasteiger partial charge is 0.134 e. The Labute approximate surface area is 119 Å². The van der Waals surface area contributed by atoms with Crippen LogP contribution in [0.15, 0.2) is 0 Å². The molecule has 2 aliphatic rings.